The van der Waals surface area contributed by atoms with Crippen LogP contribution in [0.4, 0.5) is 74.6 Å². The van der Waals surface area contributed by atoms with Crippen LogP contribution in [0.15, 0.2) is 12.1 Å². The van der Waals surface area contributed by atoms with Crippen LogP contribution in [0.2, 0.25) is 0 Å². The maximum atomic E-state index is 16.1. The molecule has 2 aromatic carbocycles. The molecule has 1 heterocycles. The number of nitriles is 5. The summed E-state index contributed by atoms with van der Waals surface area (Å²) in [6.45, 7) is 0. The maximum absolute atomic E-state index is 16.1. The van der Waals surface area contributed by atoms with E-state index in [1.54, 1.807) is 0 Å². The fourth-order valence-corrected chi connectivity index (χ4v) is 4.46. The first-order valence-corrected chi connectivity index (χ1v) is 12.4. The van der Waals surface area contributed by atoms with Crippen LogP contribution >= 0.6 is 0 Å². The second kappa shape index (κ2) is 13.0. The van der Waals surface area contributed by atoms with Crippen LogP contribution in [0.25, 0.3) is 11.1 Å². The molecular weight excluding hydrogens is 757 g/mol. The van der Waals surface area contributed by atoms with Crippen molar-refractivity contribution in [2.75, 3.05) is 0 Å². The molecular formula is C28H2F17N7. The quantitative estimate of drug-likeness (QED) is 0.258. The standard InChI is InChI=1S/C28H2F17N7/c29-19-13(7-50)17(11(5-48)18-21(26(37,38)39)51-23(28(43,44)45)52-22(18)27(40,41)42)20(30)12(6-49)16(19)9(3-46)8-1-14(24(31,32)33)10(4-47)15(2-8)25(34,35)36/h1-2H/b16-9+,17-11+. The van der Waals surface area contributed by atoms with Gasteiger partial charge >= 0.3 is 30.9 Å². The zero-order chi connectivity index (χ0) is 40.1. The molecule has 0 fully saturated rings. The van der Waals surface area contributed by atoms with Crippen LogP contribution in [0, 0.1) is 68.3 Å². The number of nitrogens with zero attached hydrogens (tertiary/aromatic N) is 7. The van der Waals surface area contributed by atoms with Gasteiger partial charge in [-0.05, 0) is 17.7 Å². The van der Waals surface area contributed by atoms with Crippen LogP contribution in [0.1, 0.15) is 56.2 Å². The van der Waals surface area contributed by atoms with Crippen molar-refractivity contribution in [2.24, 2.45) is 0 Å². The Labute approximate surface area is 274 Å². The third kappa shape index (κ3) is 7.07. The molecule has 0 aliphatic carbocycles. The van der Waals surface area contributed by atoms with E-state index in [0.29, 0.717) is 24.3 Å². The van der Waals surface area contributed by atoms with Crippen LogP contribution < -0.4 is 10.4 Å². The van der Waals surface area contributed by atoms with E-state index < -0.39 is 120 Å². The lowest BCUT2D eigenvalue weighted by Crippen LogP contribution is -2.32. The molecule has 0 bridgehead atoms. The summed E-state index contributed by atoms with van der Waals surface area (Å²) in [4.78, 5) is 3.90. The highest BCUT2D eigenvalue weighted by Gasteiger charge is 2.49. The maximum Gasteiger partial charge on any atom is 0.451 e. The largest absolute Gasteiger partial charge is 0.451 e. The second-order valence-corrected chi connectivity index (χ2v) is 9.49. The summed E-state index contributed by atoms with van der Waals surface area (Å²) < 4.78 is 238. The highest BCUT2D eigenvalue weighted by molar-refractivity contribution is 5.83. The minimum atomic E-state index is -6.41. The molecule has 0 saturated carbocycles. The molecule has 0 spiro atoms. The summed E-state index contributed by atoms with van der Waals surface area (Å²) in [5.74, 6) is -8.46. The number of hydrogen-bond acceptors (Lipinski definition) is 7. The van der Waals surface area contributed by atoms with Gasteiger partial charge in [0.05, 0.1) is 55.0 Å². The van der Waals surface area contributed by atoms with Gasteiger partial charge in [0, 0.05) is 0 Å². The van der Waals surface area contributed by atoms with Gasteiger partial charge < -0.3 is 0 Å². The summed E-state index contributed by atoms with van der Waals surface area (Å²) >= 11 is 0. The first-order valence-electron chi connectivity index (χ1n) is 12.4. The Balaban J connectivity index is 2.87. The van der Waals surface area contributed by atoms with Gasteiger partial charge in [0.15, 0.2) is 23.0 Å². The minimum Gasteiger partial charge on any atom is -0.219 e. The van der Waals surface area contributed by atoms with Crippen molar-refractivity contribution >= 4 is 11.1 Å². The van der Waals surface area contributed by atoms with Crippen LogP contribution in [0.3, 0.4) is 0 Å². The number of benzene rings is 2. The Hall–Kier alpha value is -6.48. The average Bonchev–Trinajstić information content (AvgIpc) is 3.00. The Morgan fingerprint density at radius 1 is 0.481 bits per heavy atom. The molecule has 0 aliphatic rings. The molecule has 0 atom stereocenters. The normalized spacial score (nSPS) is 13.6. The monoisotopic (exact) mass is 759 g/mol. The molecule has 0 radical (unpaired) electrons. The van der Waals surface area contributed by atoms with E-state index in [-0.39, 0.29) is 12.1 Å². The van der Waals surface area contributed by atoms with E-state index in [4.69, 9.17) is 5.26 Å². The van der Waals surface area contributed by atoms with Crippen molar-refractivity contribution in [3.63, 3.8) is 0 Å². The smallest absolute Gasteiger partial charge is 0.219 e. The summed E-state index contributed by atoms with van der Waals surface area (Å²) in [7, 11) is 0. The Morgan fingerprint density at radius 3 is 1.10 bits per heavy atom. The van der Waals surface area contributed by atoms with Crippen molar-refractivity contribution in [1.82, 2.24) is 9.97 Å². The summed E-state index contributed by atoms with van der Waals surface area (Å²) in [6, 6.07) is 2.53. The Morgan fingerprint density at radius 2 is 0.827 bits per heavy atom. The first-order chi connectivity index (χ1) is 23.6. The fraction of sp³-hybridized carbons (Fsp3) is 0.179. The van der Waals surface area contributed by atoms with Gasteiger partial charge in [-0.2, -0.15) is 92.2 Å². The lowest BCUT2D eigenvalue weighted by Gasteiger charge is -2.19. The van der Waals surface area contributed by atoms with Crippen molar-refractivity contribution in [3.05, 3.63) is 90.4 Å². The van der Waals surface area contributed by atoms with Crippen molar-refractivity contribution < 1.29 is 74.6 Å². The minimum absolute atomic E-state index is 0.387. The van der Waals surface area contributed by atoms with Gasteiger partial charge in [-0.15, -0.1) is 0 Å². The number of rotatable bonds is 2. The molecule has 268 valence electrons. The summed E-state index contributed by atoms with van der Waals surface area (Å²) in [5, 5.41) is 43.2. The zero-order valence-corrected chi connectivity index (χ0v) is 23.7. The van der Waals surface area contributed by atoms with E-state index >= 15 is 8.78 Å². The third-order valence-electron chi connectivity index (χ3n) is 6.42. The van der Waals surface area contributed by atoms with Gasteiger partial charge in [0.2, 0.25) is 5.82 Å². The third-order valence-corrected chi connectivity index (χ3v) is 6.42. The number of halogens is 17. The number of aromatic nitrogens is 2. The van der Waals surface area contributed by atoms with Gasteiger partial charge in [0.1, 0.15) is 30.3 Å². The van der Waals surface area contributed by atoms with Crippen molar-refractivity contribution in [2.45, 2.75) is 30.9 Å². The predicted octanol–water partition coefficient (Wildman–Crippen LogP) is 6.91. The molecule has 52 heavy (non-hydrogen) atoms. The van der Waals surface area contributed by atoms with Crippen LogP contribution in [0.5, 0.6) is 0 Å². The van der Waals surface area contributed by atoms with E-state index in [9.17, 15) is 86.9 Å². The first kappa shape index (κ1) is 40.0. The van der Waals surface area contributed by atoms with Crippen LogP contribution in [-0.4, -0.2) is 9.97 Å². The fourth-order valence-electron chi connectivity index (χ4n) is 4.46. The van der Waals surface area contributed by atoms with Crippen LogP contribution in [-0.2, 0) is 30.9 Å². The van der Waals surface area contributed by atoms with Gasteiger partial charge in [-0.1, -0.05) is 0 Å². The predicted molar refractivity (Wildman–Crippen MR) is 129 cm³/mol. The molecule has 0 N–H and O–H groups in total. The second-order valence-electron chi connectivity index (χ2n) is 9.49. The van der Waals surface area contributed by atoms with E-state index in [1.165, 1.54) is 0 Å². The highest BCUT2D eigenvalue weighted by Crippen LogP contribution is 2.43. The molecule has 3 aromatic rings. The SMILES string of the molecule is N#C/C(c1cc(C(F)(F)F)c(C#N)c(C(F)(F)F)c1)=c1\c(F)c(C#N)/c(=C(/C#N)c2c(C(F)(F)F)nc(C(F)(F)F)nc2C(F)(F)F)c(F)c1C#N. The molecule has 7 nitrogen and oxygen atoms in total. The highest BCUT2D eigenvalue weighted by atomic mass is 19.4. The molecule has 0 saturated heterocycles. The van der Waals surface area contributed by atoms with E-state index in [0.717, 1.165) is 6.07 Å². The molecule has 3 rings (SSSR count). The zero-order valence-electron chi connectivity index (χ0n) is 23.7. The average molecular weight is 759 g/mol. The van der Waals surface area contributed by atoms with E-state index in [1.807, 2.05) is 9.97 Å². The molecule has 0 unspecified atom stereocenters. The topological polar surface area (TPSA) is 145 Å². The number of alkyl halides is 15. The summed E-state index contributed by atoms with van der Waals surface area (Å²) in [5.41, 5.74) is -26.8. The van der Waals surface area contributed by atoms with Gasteiger partial charge in [-0.3, -0.25) is 0 Å². The van der Waals surface area contributed by atoms with Crippen molar-refractivity contribution in [1.29, 1.82) is 26.3 Å². The lowest BCUT2D eigenvalue weighted by atomic mass is 9.90. The molecule has 1 aromatic heterocycles. The van der Waals surface area contributed by atoms with Gasteiger partial charge in [-0.25, -0.2) is 18.7 Å². The molecule has 0 aliphatic heterocycles. The molecule has 24 heteroatoms. The Kier molecular flexibility index (Phi) is 9.99. The summed E-state index contributed by atoms with van der Waals surface area (Å²) in [6.07, 6.45) is -30.7. The van der Waals surface area contributed by atoms with Gasteiger partial charge in [0.25, 0.3) is 0 Å². The van der Waals surface area contributed by atoms with E-state index in [2.05, 4.69) is 0 Å². The molecule has 0 amide bonds. The number of hydrogen-bond donors (Lipinski definition) is 0. The Bertz CT molecular complexity index is 2290. The lowest BCUT2D eigenvalue weighted by molar-refractivity contribution is -0.160. The van der Waals surface area contributed by atoms with Crippen molar-refractivity contribution in [3.8, 4) is 30.3 Å².